The third-order valence-corrected chi connectivity index (χ3v) is 1.13. The van der Waals surface area contributed by atoms with Crippen molar-refractivity contribution >= 4 is 23.2 Å². The fourth-order valence-electron chi connectivity index (χ4n) is 0.404. The van der Waals surface area contributed by atoms with Crippen LogP contribution in [0.5, 0.6) is 0 Å². The zero-order chi connectivity index (χ0) is 6.85. The Labute approximate surface area is 62.0 Å². The first-order chi connectivity index (χ1) is 4.20. The van der Waals surface area contributed by atoms with Crippen LogP contribution in [0, 0.1) is 6.92 Å². The minimum absolute atomic E-state index is 0.316. The summed E-state index contributed by atoms with van der Waals surface area (Å²) in [5.74, 6) is 0.784. The van der Waals surface area contributed by atoms with E-state index >= 15 is 0 Å². The summed E-state index contributed by atoms with van der Waals surface area (Å²) >= 11 is 10.8. The Morgan fingerprint density at radius 1 is 1.56 bits per heavy atom. The Kier molecular flexibility index (Phi) is 1.93. The van der Waals surface area contributed by atoms with Gasteiger partial charge in [-0.05, 0) is 0 Å². The lowest BCUT2D eigenvalue weighted by atomic mass is 10.7. The van der Waals surface area contributed by atoms with Crippen molar-refractivity contribution in [3.63, 3.8) is 0 Å². The zero-order valence-electron chi connectivity index (χ0n) is 4.64. The van der Waals surface area contributed by atoms with Crippen molar-refractivity contribution in [2.45, 2.75) is 11.8 Å². The fraction of sp³-hybridized carbons (Fsp3) is 0.500. The lowest BCUT2D eigenvalue weighted by Gasteiger charge is -1.85. The van der Waals surface area contributed by atoms with Crippen molar-refractivity contribution < 1.29 is 4.52 Å². The number of hydrogen-bond acceptors (Lipinski definition) is 3. The van der Waals surface area contributed by atoms with Gasteiger partial charge in [-0.3, -0.25) is 0 Å². The zero-order valence-corrected chi connectivity index (χ0v) is 6.15. The minimum Gasteiger partial charge on any atom is -0.340 e. The van der Waals surface area contributed by atoms with Crippen LogP contribution >= 0.6 is 23.2 Å². The molecule has 0 spiro atoms. The van der Waals surface area contributed by atoms with E-state index in [-0.39, 0.29) is 0 Å². The quantitative estimate of drug-likeness (QED) is 0.599. The Bertz CT molecular complexity index is 198. The van der Waals surface area contributed by atoms with Gasteiger partial charge in [-0.15, -0.1) is 0 Å². The van der Waals surface area contributed by atoms with Gasteiger partial charge < -0.3 is 4.52 Å². The second kappa shape index (κ2) is 2.54. The molecule has 5 heteroatoms. The first-order valence-corrected chi connectivity index (χ1v) is 3.16. The lowest BCUT2D eigenvalue weighted by Crippen LogP contribution is -1.83. The second-order valence-electron chi connectivity index (χ2n) is 1.47. The number of hydrogen-bond donors (Lipinski definition) is 0. The molecule has 3 nitrogen and oxygen atoms in total. The van der Waals surface area contributed by atoms with Crippen LogP contribution in [0.15, 0.2) is 4.52 Å². The van der Waals surface area contributed by atoms with Crippen molar-refractivity contribution in [3.8, 4) is 0 Å². The summed E-state index contributed by atoms with van der Waals surface area (Å²) in [6.45, 7) is 1.67. The molecule has 1 heterocycles. The maximum Gasteiger partial charge on any atom is 0.223 e. The van der Waals surface area contributed by atoms with E-state index in [1.54, 1.807) is 6.92 Å². The highest BCUT2D eigenvalue weighted by atomic mass is 35.5. The summed E-state index contributed by atoms with van der Waals surface area (Å²) < 4.78 is 4.60. The Morgan fingerprint density at radius 3 is 2.44 bits per heavy atom. The number of rotatable bonds is 1. The first-order valence-electron chi connectivity index (χ1n) is 2.28. The average molecular weight is 167 g/mol. The van der Waals surface area contributed by atoms with Gasteiger partial charge in [-0.1, -0.05) is 28.4 Å². The van der Waals surface area contributed by atoms with Crippen LogP contribution in [-0.4, -0.2) is 10.1 Å². The van der Waals surface area contributed by atoms with Crippen molar-refractivity contribution in [2.24, 2.45) is 0 Å². The number of aryl methyl sites for hydroxylation is 1. The molecule has 0 N–H and O–H groups in total. The summed E-state index contributed by atoms with van der Waals surface area (Å²) in [4.78, 5) is 3.08. The number of alkyl halides is 2. The van der Waals surface area contributed by atoms with Crippen LogP contribution in [-0.2, 0) is 0 Å². The molecule has 0 saturated heterocycles. The first kappa shape index (κ1) is 6.83. The summed E-state index contributed by atoms with van der Waals surface area (Å²) in [6, 6.07) is 0. The maximum atomic E-state index is 5.40. The van der Waals surface area contributed by atoms with Gasteiger partial charge in [0.2, 0.25) is 11.7 Å². The van der Waals surface area contributed by atoms with Crippen molar-refractivity contribution in [2.75, 3.05) is 0 Å². The molecular formula is C4H4Cl2N2O. The molecule has 0 unspecified atom stereocenters. The fourth-order valence-corrected chi connectivity index (χ4v) is 0.581. The lowest BCUT2D eigenvalue weighted by molar-refractivity contribution is 0.388. The number of aromatic nitrogens is 2. The largest absolute Gasteiger partial charge is 0.340 e. The molecule has 9 heavy (non-hydrogen) atoms. The molecule has 0 fully saturated rings. The van der Waals surface area contributed by atoms with Crippen LogP contribution < -0.4 is 0 Å². The molecule has 0 amide bonds. The summed E-state index contributed by atoms with van der Waals surface area (Å²) in [6.07, 6.45) is 0. The topological polar surface area (TPSA) is 38.9 Å². The molecule has 0 bridgehead atoms. The number of halogens is 2. The van der Waals surface area contributed by atoms with E-state index in [1.165, 1.54) is 0 Å². The molecule has 1 aromatic heterocycles. The molecule has 0 aliphatic heterocycles. The molecule has 1 rings (SSSR count). The summed E-state index contributed by atoms with van der Waals surface area (Å²) in [5.41, 5.74) is 0. The van der Waals surface area contributed by atoms with Gasteiger partial charge in [0.05, 0.1) is 0 Å². The summed E-state index contributed by atoms with van der Waals surface area (Å²) in [5, 5.41) is 3.47. The smallest absolute Gasteiger partial charge is 0.223 e. The van der Waals surface area contributed by atoms with Gasteiger partial charge in [-0.2, -0.15) is 4.98 Å². The molecule has 0 radical (unpaired) electrons. The van der Waals surface area contributed by atoms with Crippen LogP contribution in [0.1, 0.15) is 16.6 Å². The Morgan fingerprint density at radius 2 is 2.22 bits per heavy atom. The second-order valence-corrected chi connectivity index (χ2v) is 2.57. The average Bonchev–Trinajstić information content (AvgIpc) is 2.14. The van der Waals surface area contributed by atoms with Crippen molar-refractivity contribution in [1.29, 1.82) is 0 Å². The van der Waals surface area contributed by atoms with E-state index in [1.807, 2.05) is 0 Å². The maximum absolute atomic E-state index is 5.40. The van der Waals surface area contributed by atoms with E-state index in [4.69, 9.17) is 23.2 Å². The van der Waals surface area contributed by atoms with Gasteiger partial charge in [0.15, 0.2) is 4.84 Å². The van der Waals surface area contributed by atoms with Gasteiger partial charge in [-0.25, -0.2) is 0 Å². The van der Waals surface area contributed by atoms with Crippen molar-refractivity contribution in [1.82, 2.24) is 10.1 Å². The third-order valence-electron chi connectivity index (χ3n) is 0.738. The highest BCUT2D eigenvalue weighted by Gasteiger charge is 2.09. The molecule has 0 aromatic carbocycles. The van der Waals surface area contributed by atoms with Gasteiger partial charge in [0, 0.05) is 6.92 Å². The summed E-state index contributed by atoms with van der Waals surface area (Å²) in [7, 11) is 0. The van der Waals surface area contributed by atoms with Gasteiger partial charge >= 0.3 is 0 Å². The molecule has 0 atom stereocenters. The van der Waals surface area contributed by atoms with E-state index in [9.17, 15) is 0 Å². The van der Waals surface area contributed by atoms with E-state index < -0.39 is 4.84 Å². The Balaban J connectivity index is 2.85. The third kappa shape index (κ3) is 1.56. The van der Waals surface area contributed by atoms with Crippen LogP contribution in [0.4, 0.5) is 0 Å². The predicted molar refractivity (Wildman–Crippen MR) is 33.5 cm³/mol. The number of nitrogens with zero attached hydrogens (tertiary/aromatic N) is 2. The molecule has 0 saturated carbocycles. The van der Waals surface area contributed by atoms with Crippen LogP contribution in [0.25, 0.3) is 0 Å². The van der Waals surface area contributed by atoms with Gasteiger partial charge in [0.1, 0.15) is 0 Å². The monoisotopic (exact) mass is 166 g/mol. The molecule has 0 aliphatic rings. The molecule has 50 valence electrons. The van der Waals surface area contributed by atoms with E-state index in [0.717, 1.165) is 0 Å². The SMILES string of the molecule is Cc1nc(C(Cl)Cl)no1. The Hall–Kier alpha value is -0.280. The van der Waals surface area contributed by atoms with E-state index in [2.05, 4.69) is 14.7 Å². The predicted octanol–water partition coefficient (Wildman–Crippen LogP) is 1.85. The van der Waals surface area contributed by atoms with Crippen LogP contribution in [0.3, 0.4) is 0 Å². The molecule has 0 aliphatic carbocycles. The van der Waals surface area contributed by atoms with Crippen LogP contribution in [0.2, 0.25) is 0 Å². The highest BCUT2D eigenvalue weighted by Crippen LogP contribution is 2.20. The van der Waals surface area contributed by atoms with Crippen molar-refractivity contribution in [3.05, 3.63) is 11.7 Å². The molecular weight excluding hydrogens is 163 g/mol. The highest BCUT2D eigenvalue weighted by molar-refractivity contribution is 6.43. The minimum atomic E-state index is -0.692. The van der Waals surface area contributed by atoms with Gasteiger partial charge in [0.25, 0.3) is 0 Å². The standard InChI is InChI=1S/C4H4Cl2N2O/c1-2-7-4(3(5)6)8-9-2/h3H,1H3. The van der Waals surface area contributed by atoms with E-state index in [0.29, 0.717) is 11.7 Å². The molecule has 1 aromatic rings. The normalized spacial score (nSPS) is 10.7.